The van der Waals surface area contributed by atoms with Gasteiger partial charge in [0.25, 0.3) is 0 Å². The lowest BCUT2D eigenvalue weighted by Gasteiger charge is -2.23. The number of carbonyl (C=O) groups excluding carboxylic acids is 2. The molecule has 0 aliphatic carbocycles. The van der Waals surface area contributed by atoms with E-state index in [4.69, 9.17) is 4.74 Å². The number of rotatable bonds is 20. The van der Waals surface area contributed by atoms with E-state index in [-0.39, 0.29) is 12.1 Å². The Kier molecular flexibility index (Phi) is 18.1. The highest BCUT2D eigenvalue weighted by molar-refractivity contribution is 5.69. The first kappa shape index (κ1) is 27.1. The van der Waals surface area contributed by atoms with Gasteiger partial charge in [-0.1, -0.05) is 71.1 Å². The molecule has 1 saturated heterocycles. The van der Waals surface area contributed by atoms with Crippen LogP contribution in [0.15, 0.2) is 0 Å². The van der Waals surface area contributed by atoms with E-state index in [1.54, 1.807) is 0 Å². The monoisotopic (exact) mass is 423 g/mol. The lowest BCUT2D eigenvalue weighted by Crippen LogP contribution is -2.30. The van der Waals surface area contributed by atoms with Crippen molar-refractivity contribution in [1.29, 1.82) is 0 Å². The zero-order chi connectivity index (χ0) is 21.7. The maximum absolute atomic E-state index is 12.5. The van der Waals surface area contributed by atoms with Gasteiger partial charge in [0, 0.05) is 12.8 Å². The van der Waals surface area contributed by atoms with E-state index in [9.17, 15) is 9.59 Å². The Morgan fingerprint density at radius 3 is 1.97 bits per heavy atom. The van der Waals surface area contributed by atoms with Gasteiger partial charge in [-0.05, 0) is 64.0 Å². The molecule has 30 heavy (non-hydrogen) atoms. The number of nitrogens with one attached hydrogen (secondary N) is 1. The van der Waals surface area contributed by atoms with E-state index >= 15 is 0 Å². The van der Waals surface area contributed by atoms with Gasteiger partial charge in [0.2, 0.25) is 0 Å². The van der Waals surface area contributed by atoms with Gasteiger partial charge in [-0.25, -0.2) is 0 Å². The molecular formula is C26H49NO3. The lowest BCUT2D eigenvalue weighted by molar-refractivity contribution is -0.151. The largest absolute Gasteiger partial charge is 0.462 e. The summed E-state index contributed by atoms with van der Waals surface area (Å²) < 4.78 is 5.96. The average molecular weight is 424 g/mol. The van der Waals surface area contributed by atoms with Crippen LogP contribution in [0.2, 0.25) is 0 Å². The SMILES string of the molecule is CCCCCCCCCC(CCCCCCCCC=O)OC(=O)CC1CCNCC1. The second kappa shape index (κ2) is 20.0. The summed E-state index contributed by atoms with van der Waals surface area (Å²) in [7, 11) is 0. The Morgan fingerprint density at radius 1 is 0.867 bits per heavy atom. The molecule has 4 heteroatoms. The first-order valence-electron chi connectivity index (χ1n) is 13.1. The van der Waals surface area contributed by atoms with Gasteiger partial charge < -0.3 is 14.8 Å². The zero-order valence-corrected chi connectivity index (χ0v) is 19.8. The topological polar surface area (TPSA) is 55.4 Å². The van der Waals surface area contributed by atoms with Crippen molar-refractivity contribution < 1.29 is 14.3 Å². The average Bonchev–Trinajstić information content (AvgIpc) is 2.75. The van der Waals surface area contributed by atoms with Gasteiger partial charge >= 0.3 is 5.97 Å². The van der Waals surface area contributed by atoms with Crippen LogP contribution in [0, 0.1) is 5.92 Å². The molecule has 0 aromatic heterocycles. The Hall–Kier alpha value is -0.900. The summed E-state index contributed by atoms with van der Waals surface area (Å²) in [6.45, 7) is 4.33. The summed E-state index contributed by atoms with van der Waals surface area (Å²) >= 11 is 0. The van der Waals surface area contributed by atoms with Crippen LogP contribution < -0.4 is 5.32 Å². The van der Waals surface area contributed by atoms with E-state index in [2.05, 4.69) is 12.2 Å². The minimum absolute atomic E-state index is 0.0312. The smallest absolute Gasteiger partial charge is 0.306 e. The molecule has 0 bridgehead atoms. The number of carbonyl (C=O) groups is 2. The normalized spacial score (nSPS) is 15.8. The van der Waals surface area contributed by atoms with E-state index in [0.29, 0.717) is 18.8 Å². The van der Waals surface area contributed by atoms with Gasteiger partial charge in [0.15, 0.2) is 0 Å². The Bertz CT molecular complexity index is 407. The second-order valence-corrected chi connectivity index (χ2v) is 9.28. The summed E-state index contributed by atoms with van der Waals surface area (Å²) in [5.74, 6) is 0.535. The van der Waals surface area contributed by atoms with Crippen molar-refractivity contribution in [2.45, 2.75) is 135 Å². The summed E-state index contributed by atoms with van der Waals surface area (Å²) in [4.78, 5) is 22.9. The number of unbranched alkanes of at least 4 members (excludes halogenated alkanes) is 12. The highest BCUT2D eigenvalue weighted by Gasteiger charge is 2.20. The minimum atomic E-state index is 0.0312. The highest BCUT2D eigenvalue weighted by Crippen LogP contribution is 2.21. The third-order valence-electron chi connectivity index (χ3n) is 6.44. The second-order valence-electron chi connectivity index (χ2n) is 9.28. The molecular weight excluding hydrogens is 374 g/mol. The first-order chi connectivity index (χ1) is 14.8. The number of esters is 1. The minimum Gasteiger partial charge on any atom is -0.462 e. The van der Waals surface area contributed by atoms with E-state index in [1.807, 2.05) is 0 Å². The van der Waals surface area contributed by atoms with E-state index < -0.39 is 0 Å². The molecule has 4 nitrogen and oxygen atoms in total. The van der Waals surface area contributed by atoms with E-state index in [1.165, 1.54) is 64.2 Å². The molecule has 1 heterocycles. The molecule has 1 atom stereocenters. The maximum Gasteiger partial charge on any atom is 0.306 e. The van der Waals surface area contributed by atoms with Crippen LogP contribution >= 0.6 is 0 Å². The van der Waals surface area contributed by atoms with Gasteiger partial charge in [-0.2, -0.15) is 0 Å². The van der Waals surface area contributed by atoms with Crippen molar-refractivity contribution in [2.75, 3.05) is 13.1 Å². The first-order valence-corrected chi connectivity index (χ1v) is 13.1. The fourth-order valence-corrected chi connectivity index (χ4v) is 4.45. The Morgan fingerprint density at radius 2 is 1.40 bits per heavy atom. The third-order valence-corrected chi connectivity index (χ3v) is 6.44. The lowest BCUT2D eigenvalue weighted by atomic mass is 9.95. The van der Waals surface area contributed by atoms with Crippen LogP contribution in [0.4, 0.5) is 0 Å². The zero-order valence-electron chi connectivity index (χ0n) is 19.8. The molecule has 0 spiro atoms. The number of hydrogen-bond donors (Lipinski definition) is 1. The molecule has 1 aliphatic heterocycles. The number of hydrogen-bond acceptors (Lipinski definition) is 4. The van der Waals surface area contributed by atoms with Crippen LogP contribution in [0.1, 0.15) is 129 Å². The number of piperidine rings is 1. The van der Waals surface area contributed by atoms with Gasteiger partial charge in [0.05, 0.1) is 0 Å². The molecule has 1 fully saturated rings. The van der Waals surface area contributed by atoms with Crippen molar-refractivity contribution in [3.8, 4) is 0 Å². The molecule has 176 valence electrons. The Labute approximate surface area is 186 Å². The Balaban J connectivity index is 2.23. The maximum atomic E-state index is 12.5. The standard InChI is InChI=1S/C26H49NO3/c1-2-3-4-5-7-10-13-16-25(17-14-11-8-6-9-12-15-22-28)30-26(29)23-24-18-20-27-21-19-24/h22,24-25,27H,2-21,23H2,1H3. The molecule has 1 unspecified atom stereocenters. The fourth-order valence-electron chi connectivity index (χ4n) is 4.45. The van der Waals surface area contributed by atoms with Gasteiger partial charge in [0.1, 0.15) is 12.4 Å². The summed E-state index contributed by atoms with van der Waals surface area (Å²) in [5, 5.41) is 3.37. The number of aldehydes is 1. The van der Waals surface area contributed by atoms with E-state index in [0.717, 1.165) is 64.3 Å². The summed E-state index contributed by atoms with van der Waals surface area (Å²) in [6.07, 6.45) is 22.8. The van der Waals surface area contributed by atoms with Gasteiger partial charge in [-0.3, -0.25) is 4.79 Å². The van der Waals surface area contributed by atoms with Crippen molar-refractivity contribution in [1.82, 2.24) is 5.32 Å². The van der Waals surface area contributed by atoms with Crippen molar-refractivity contribution in [3.63, 3.8) is 0 Å². The van der Waals surface area contributed by atoms with Crippen molar-refractivity contribution in [3.05, 3.63) is 0 Å². The van der Waals surface area contributed by atoms with Gasteiger partial charge in [-0.15, -0.1) is 0 Å². The molecule has 1 N–H and O–H groups in total. The van der Waals surface area contributed by atoms with Crippen LogP contribution in [0.5, 0.6) is 0 Å². The molecule has 0 saturated carbocycles. The van der Waals surface area contributed by atoms with Crippen molar-refractivity contribution >= 4 is 12.3 Å². The predicted octanol–water partition coefficient (Wildman–Crippen LogP) is 6.75. The van der Waals surface area contributed by atoms with Crippen LogP contribution in [0.3, 0.4) is 0 Å². The third kappa shape index (κ3) is 15.9. The summed E-state index contributed by atoms with van der Waals surface area (Å²) in [6, 6.07) is 0. The van der Waals surface area contributed by atoms with Crippen molar-refractivity contribution in [2.24, 2.45) is 5.92 Å². The summed E-state index contributed by atoms with van der Waals surface area (Å²) in [5.41, 5.74) is 0. The molecule has 1 aliphatic rings. The predicted molar refractivity (Wildman–Crippen MR) is 126 cm³/mol. The molecule has 0 radical (unpaired) electrons. The highest BCUT2D eigenvalue weighted by atomic mass is 16.5. The van der Waals surface area contributed by atoms with Crippen LogP contribution in [-0.4, -0.2) is 31.4 Å². The molecule has 0 aromatic rings. The number of ether oxygens (including phenoxy) is 1. The van der Waals surface area contributed by atoms with Crippen LogP contribution in [0.25, 0.3) is 0 Å². The molecule has 1 rings (SSSR count). The van der Waals surface area contributed by atoms with Crippen LogP contribution in [-0.2, 0) is 14.3 Å². The molecule has 0 amide bonds. The molecule has 0 aromatic carbocycles. The fraction of sp³-hybridized carbons (Fsp3) is 0.923. The quantitative estimate of drug-likeness (QED) is 0.134.